The van der Waals surface area contributed by atoms with E-state index >= 15 is 0 Å². The number of nitrogens with zero attached hydrogens (tertiary/aromatic N) is 4. The number of halogens is 2. The Hall–Kier alpha value is -1.09. The normalized spacial score (nSPS) is 22.2. The quantitative estimate of drug-likeness (QED) is 0.425. The lowest BCUT2D eigenvalue weighted by Gasteiger charge is -2.36. The Morgan fingerprint density at radius 1 is 1.16 bits per heavy atom. The topological polar surface area (TPSA) is 48.1 Å². The standard InChI is InChI=1S/C18H28FN5.HI/c1-2-22-9-3-4-17(22)14-21-18(20)24-12-10-23(11-13-24)16-7-5-15(19)6-8-16;/h5-8,17H,2-4,9-14H2,1H3,(H2,20,21);1H. The van der Waals surface area contributed by atoms with Gasteiger partial charge >= 0.3 is 0 Å². The number of rotatable bonds is 4. The fourth-order valence-electron chi connectivity index (χ4n) is 3.66. The third-order valence-electron chi connectivity index (χ3n) is 5.16. The van der Waals surface area contributed by atoms with Crippen LogP contribution in [0.1, 0.15) is 19.8 Å². The first kappa shape index (κ1) is 20.2. The Bertz CT molecular complexity index is 557. The van der Waals surface area contributed by atoms with Gasteiger partial charge in [0.05, 0.1) is 6.54 Å². The molecule has 2 fully saturated rings. The number of nitrogens with two attached hydrogens (primary N) is 1. The SMILES string of the molecule is CCN1CCCC1CN=C(N)N1CCN(c2ccc(F)cc2)CC1.I. The van der Waals surface area contributed by atoms with Crippen LogP contribution >= 0.6 is 24.0 Å². The molecule has 0 aromatic heterocycles. The summed E-state index contributed by atoms with van der Waals surface area (Å²) in [5, 5.41) is 0. The highest BCUT2D eigenvalue weighted by atomic mass is 127. The molecule has 0 amide bonds. The first-order valence-corrected chi connectivity index (χ1v) is 8.97. The average Bonchev–Trinajstić information content (AvgIpc) is 3.08. The third-order valence-corrected chi connectivity index (χ3v) is 5.16. The molecule has 2 saturated heterocycles. The Kier molecular flexibility index (Phi) is 7.74. The lowest BCUT2D eigenvalue weighted by atomic mass is 10.2. The molecular weight excluding hydrogens is 432 g/mol. The second-order valence-corrected chi connectivity index (χ2v) is 6.57. The smallest absolute Gasteiger partial charge is 0.191 e. The maximum atomic E-state index is 13.0. The van der Waals surface area contributed by atoms with Gasteiger partial charge in [-0.3, -0.25) is 9.89 Å². The molecular formula is C18H29FIN5. The molecule has 2 N–H and O–H groups in total. The van der Waals surface area contributed by atoms with Crippen LogP contribution in [0.25, 0.3) is 0 Å². The van der Waals surface area contributed by atoms with Crippen molar-refractivity contribution in [1.29, 1.82) is 0 Å². The summed E-state index contributed by atoms with van der Waals surface area (Å²) in [6.45, 7) is 8.77. The van der Waals surface area contributed by atoms with Crippen LogP contribution in [-0.4, -0.2) is 67.6 Å². The first-order valence-electron chi connectivity index (χ1n) is 8.97. The van der Waals surface area contributed by atoms with Gasteiger partial charge in [-0.2, -0.15) is 0 Å². The van der Waals surface area contributed by atoms with E-state index in [0.29, 0.717) is 12.0 Å². The Labute approximate surface area is 167 Å². The summed E-state index contributed by atoms with van der Waals surface area (Å²) in [6, 6.07) is 7.25. The summed E-state index contributed by atoms with van der Waals surface area (Å²) < 4.78 is 13.0. The van der Waals surface area contributed by atoms with Crippen molar-refractivity contribution < 1.29 is 4.39 Å². The van der Waals surface area contributed by atoms with Crippen molar-refractivity contribution in [3.8, 4) is 0 Å². The van der Waals surface area contributed by atoms with Gasteiger partial charge in [0.15, 0.2) is 5.96 Å². The molecule has 1 unspecified atom stereocenters. The Morgan fingerprint density at radius 3 is 2.48 bits per heavy atom. The van der Waals surface area contributed by atoms with Crippen molar-refractivity contribution in [2.24, 2.45) is 10.7 Å². The number of piperazine rings is 1. The Balaban J connectivity index is 0.00000225. The van der Waals surface area contributed by atoms with E-state index in [1.165, 1.54) is 31.5 Å². The Morgan fingerprint density at radius 2 is 1.84 bits per heavy atom. The molecule has 7 heteroatoms. The number of aliphatic imine (C=N–C) groups is 1. The second kappa shape index (κ2) is 9.56. The summed E-state index contributed by atoms with van der Waals surface area (Å²) in [5.74, 6) is 0.471. The van der Waals surface area contributed by atoms with Crippen molar-refractivity contribution in [2.45, 2.75) is 25.8 Å². The summed E-state index contributed by atoms with van der Waals surface area (Å²) in [6.07, 6.45) is 2.49. The molecule has 1 aromatic rings. The maximum absolute atomic E-state index is 13.0. The molecule has 0 aliphatic carbocycles. The van der Waals surface area contributed by atoms with Crippen LogP contribution in [-0.2, 0) is 0 Å². The summed E-state index contributed by atoms with van der Waals surface area (Å²) in [7, 11) is 0. The van der Waals surface area contributed by atoms with E-state index in [1.54, 1.807) is 0 Å². The molecule has 5 nitrogen and oxygen atoms in total. The summed E-state index contributed by atoms with van der Waals surface area (Å²) in [4.78, 5) is 11.6. The van der Waals surface area contributed by atoms with E-state index in [4.69, 9.17) is 5.73 Å². The van der Waals surface area contributed by atoms with E-state index in [1.807, 2.05) is 12.1 Å². The highest BCUT2D eigenvalue weighted by Gasteiger charge is 2.23. The number of anilines is 1. The molecule has 2 aliphatic heterocycles. The minimum absolute atomic E-state index is 0. The highest BCUT2D eigenvalue weighted by molar-refractivity contribution is 14.0. The predicted molar refractivity (Wildman–Crippen MR) is 112 cm³/mol. The molecule has 2 aliphatic rings. The van der Waals surface area contributed by atoms with Gasteiger partial charge in [-0.15, -0.1) is 24.0 Å². The number of hydrogen-bond acceptors (Lipinski definition) is 3. The van der Waals surface area contributed by atoms with Gasteiger partial charge in [-0.25, -0.2) is 4.39 Å². The van der Waals surface area contributed by atoms with Gasteiger partial charge in [-0.1, -0.05) is 6.92 Å². The minimum atomic E-state index is -0.193. The highest BCUT2D eigenvalue weighted by Crippen LogP contribution is 2.18. The zero-order valence-electron chi connectivity index (χ0n) is 14.9. The van der Waals surface area contributed by atoms with E-state index in [9.17, 15) is 4.39 Å². The number of hydrogen-bond donors (Lipinski definition) is 1. The number of benzene rings is 1. The molecule has 1 atom stereocenters. The van der Waals surface area contributed by atoms with Crippen LogP contribution in [0.5, 0.6) is 0 Å². The second-order valence-electron chi connectivity index (χ2n) is 6.57. The third kappa shape index (κ3) is 5.20. The van der Waals surface area contributed by atoms with Gasteiger partial charge in [0.2, 0.25) is 0 Å². The van der Waals surface area contributed by atoms with Crippen molar-refractivity contribution in [3.05, 3.63) is 30.1 Å². The molecule has 1 aromatic carbocycles. The molecule has 0 radical (unpaired) electrons. The van der Waals surface area contributed by atoms with Crippen molar-refractivity contribution in [3.63, 3.8) is 0 Å². The number of guanidine groups is 1. The largest absolute Gasteiger partial charge is 0.370 e. The summed E-state index contributed by atoms with van der Waals surface area (Å²) in [5.41, 5.74) is 7.27. The monoisotopic (exact) mass is 461 g/mol. The van der Waals surface area contributed by atoms with E-state index in [-0.39, 0.29) is 29.8 Å². The van der Waals surface area contributed by atoms with Crippen molar-refractivity contribution >= 4 is 35.6 Å². The van der Waals surface area contributed by atoms with E-state index < -0.39 is 0 Å². The zero-order chi connectivity index (χ0) is 16.9. The van der Waals surface area contributed by atoms with Gasteiger partial charge in [0.1, 0.15) is 5.82 Å². The van der Waals surface area contributed by atoms with Crippen molar-refractivity contribution in [1.82, 2.24) is 9.80 Å². The van der Waals surface area contributed by atoms with E-state index in [0.717, 1.165) is 45.0 Å². The van der Waals surface area contributed by atoms with Gasteiger partial charge in [0, 0.05) is 37.9 Å². The lowest BCUT2D eigenvalue weighted by molar-refractivity contribution is 0.272. The molecule has 0 saturated carbocycles. The molecule has 2 heterocycles. The molecule has 3 rings (SSSR count). The number of likely N-dealkylation sites (tertiary alicyclic amines) is 1. The summed E-state index contributed by atoms with van der Waals surface area (Å²) >= 11 is 0. The number of likely N-dealkylation sites (N-methyl/N-ethyl adjacent to an activating group) is 1. The first-order chi connectivity index (χ1) is 11.7. The van der Waals surface area contributed by atoms with Crippen LogP contribution in [0.15, 0.2) is 29.3 Å². The van der Waals surface area contributed by atoms with Crippen LogP contribution in [0.3, 0.4) is 0 Å². The van der Waals surface area contributed by atoms with E-state index in [2.05, 4.69) is 26.6 Å². The predicted octanol–water partition coefficient (Wildman–Crippen LogP) is 2.36. The lowest BCUT2D eigenvalue weighted by Crippen LogP contribution is -2.51. The fourth-order valence-corrected chi connectivity index (χ4v) is 3.66. The van der Waals surface area contributed by atoms with Crippen molar-refractivity contribution in [2.75, 3.05) is 50.7 Å². The minimum Gasteiger partial charge on any atom is -0.370 e. The molecule has 140 valence electrons. The average molecular weight is 461 g/mol. The zero-order valence-corrected chi connectivity index (χ0v) is 17.2. The van der Waals surface area contributed by atoms with Crippen LogP contribution in [0, 0.1) is 5.82 Å². The van der Waals surface area contributed by atoms with Crippen LogP contribution < -0.4 is 10.6 Å². The fraction of sp³-hybridized carbons (Fsp3) is 0.611. The van der Waals surface area contributed by atoms with Gasteiger partial charge < -0.3 is 15.5 Å². The molecule has 0 bridgehead atoms. The van der Waals surface area contributed by atoms with Crippen LogP contribution in [0.2, 0.25) is 0 Å². The molecule has 25 heavy (non-hydrogen) atoms. The van der Waals surface area contributed by atoms with Gasteiger partial charge in [-0.05, 0) is 50.2 Å². The van der Waals surface area contributed by atoms with Gasteiger partial charge in [0.25, 0.3) is 0 Å². The van der Waals surface area contributed by atoms with Crippen LogP contribution in [0.4, 0.5) is 10.1 Å². The maximum Gasteiger partial charge on any atom is 0.191 e. The molecule has 0 spiro atoms.